The second kappa shape index (κ2) is 3.90. The van der Waals surface area contributed by atoms with Crippen molar-refractivity contribution in [2.24, 2.45) is 5.41 Å². The minimum Gasteiger partial charge on any atom is -0.377 e. The van der Waals surface area contributed by atoms with Crippen LogP contribution in [0.1, 0.15) is 15.9 Å². The van der Waals surface area contributed by atoms with Gasteiger partial charge in [-0.25, -0.2) is 0 Å². The van der Waals surface area contributed by atoms with Crippen LogP contribution in [0.25, 0.3) is 0 Å². The number of anilines is 1. The van der Waals surface area contributed by atoms with Gasteiger partial charge in [-0.15, -0.1) is 0 Å². The second-order valence-corrected chi connectivity index (χ2v) is 4.99. The number of hydrogen-bond acceptors (Lipinski definition) is 4. The van der Waals surface area contributed by atoms with Gasteiger partial charge in [0.15, 0.2) is 11.2 Å². The van der Waals surface area contributed by atoms with Crippen molar-refractivity contribution in [3.8, 4) is 6.07 Å². The average molecular weight is 256 g/mol. The van der Waals surface area contributed by atoms with Crippen LogP contribution < -0.4 is 4.90 Å². The summed E-state index contributed by atoms with van der Waals surface area (Å²) >= 11 is 0. The zero-order valence-corrected chi connectivity index (χ0v) is 10.5. The van der Waals surface area contributed by atoms with E-state index in [4.69, 9.17) is 10.00 Å². The molecule has 5 nitrogen and oxygen atoms in total. The fourth-order valence-corrected chi connectivity index (χ4v) is 2.44. The van der Waals surface area contributed by atoms with Crippen LogP contribution in [0, 0.1) is 16.7 Å². The number of hydrogen-bond donors (Lipinski definition) is 0. The third-order valence-electron chi connectivity index (χ3n) is 3.76. The van der Waals surface area contributed by atoms with Crippen LogP contribution >= 0.6 is 0 Å². The van der Waals surface area contributed by atoms with E-state index in [1.165, 1.54) is 0 Å². The lowest BCUT2D eigenvalue weighted by molar-refractivity contribution is -0.117. The molecule has 5 heteroatoms. The molecule has 1 fully saturated rings. The molecular weight excluding hydrogens is 244 g/mol. The first-order chi connectivity index (χ1) is 9.07. The molecule has 2 aliphatic heterocycles. The zero-order chi connectivity index (χ0) is 13.6. The summed E-state index contributed by atoms with van der Waals surface area (Å²) in [5.41, 5.74) is 1.11. The number of amides is 1. The van der Waals surface area contributed by atoms with Gasteiger partial charge in [0.1, 0.15) is 0 Å². The molecule has 3 rings (SSSR count). The Bertz CT molecular complexity index is 626. The van der Waals surface area contributed by atoms with Gasteiger partial charge >= 0.3 is 0 Å². The van der Waals surface area contributed by atoms with Gasteiger partial charge in [0.2, 0.25) is 5.91 Å². The quantitative estimate of drug-likeness (QED) is 0.738. The number of ether oxygens (including phenoxy) is 1. The highest BCUT2D eigenvalue weighted by Gasteiger charge is 2.47. The summed E-state index contributed by atoms with van der Waals surface area (Å²) in [5, 5.41) is 9.13. The Kier molecular flexibility index (Phi) is 2.44. The predicted octanol–water partition coefficient (Wildman–Crippen LogP) is 0.928. The summed E-state index contributed by atoms with van der Waals surface area (Å²) in [6.45, 7) is 0.302. The topological polar surface area (TPSA) is 70.4 Å². The number of ketones is 1. The SMILES string of the molecule is CN1C(=O)Cc2cc(C(=O)C3(C#N)COC3)ccc21. The Morgan fingerprint density at radius 2 is 2.21 bits per heavy atom. The van der Waals surface area contributed by atoms with E-state index in [0.29, 0.717) is 12.0 Å². The molecule has 0 aromatic heterocycles. The molecule has 1 aromatic carbocycles. The maximum atomic E-state index is 12.3. The number of Topliss-reactive ketones (excluding diaryl/α,β-unsaturated/α-hetero) is 1. The molecule has 0 unspecified atom stereocenters. The Balaban J connectivity index is 1.97. The Hall–Kier alpha value is -2.19. The molecule has 1 amide bonds. The van der Waals surface area contributed by atoms with Gasteiger partial charge in [-0.3, -0.25) is 9.59 Å². The Morgan fingerprint density at radius 1 is 1.47 bits per heavy atom. The second-order valence-electron chi connectivity index (χ2n) is 4.99. The van der Waals surface area contributed by atoms with Gasteiger partial charge in [-0.2, -0.15) is 5.26 Å². The lowest BCUT2D eigenvalue weighted by Crippen LogP contribution is -2.47. The van der Waals surface area contributed by atoms with E-state index in [-0.39, 0.29) is 24.9 Å². The summed E-state index contributed by atoms with van der Waals surface area (Å²) in [4.78, 5) is 25.5. The highest BCUT2D eigenvalue weighted by Crippen LogP contribution is 2.34. The number of carbonyl (C=O) groups excluding carboxylic acids is 2. The van der Waals surface area contributed by atoms with E-state index in [2.05, 4.69) is 0 Å². The fourth-order valence-electron chi connectivity index (χ4n) is 2.44. The van der Waals surface area contributed by atoms with Gasteiger partial charge < -0.3 is 9.64 Å². The van der Waals surface area contributed by atoms with Crippen molar-refractivity contribution in [1.29, 1.82) is 5.26 Å². The van der Waals surface area contributed by atoms with Crippen LogP contribution in [0.15, 0.2) is 18.2 Å². The lowest BCUT2D eigenvalue weighted by Gasteiger charge is -2.33. The number of benzene rings is 1. The van der Waals surface area contributed by atoms with E-state index in [0.717, 1.165) is 11.3 Å². The van der Waals surface area contributed by atoms with E-state index in [9.17, 15) is 9.59 Å². The summed E-state index contributed by atoms with van der Waals surface area (Å²) in [6, 6.07) is 7.20. The summed E-state index contributed by atoms with van der Waals surface area (Å²) in [6.07, 6.45) is 0.309. The highest BCUT2D eigenvalue weighted by molar-refractivity contribution is 6.06. The van der Waals surface area contributed by atoms with E-state index >= 15 is 0 Å². The van der Waals surface area contributed by atoms with Crippen molar-refractivity contribution in [2.45, 2.75) is 6.42 Å². The van der Waals surface area contributed by atoms with E-state index in [1.54, 1.807) is 30.1 Å². The Morgan fingerprint density at radius 3 is 2.79 bits per heavy atom. The van der Waals surface area contributed by atoms with Gasteiger partial charge in [-0.05, 0) is 23.8 Å². The van der Waals surface area contributed by atoms with Crippen LogP contribution in [-0.4, -0.2) is 32.0 Å². The number of nitriles is 1. The molecule has 2 aliphatic rings. The van der Waals surface area contributed by atoms with Crippen molar-refractivity contribution in [3.63, 3.8) is 0 Å². The maximum absolute atomic E-state index is 12.3. The molecule has 0 N–H and O–H groups in total. The van der Waals surface area contributed by atoms with Gasteiger partial charge in [0.25, 0.3) is 0 Å². The summed E-state index contributed by atoms with van der Waals surface area (Å²) in [7, 11) is 1.71. The van der Waals surface area contributed by atoms with Crippen LogP contribution in [-0.2, 0) is 16.0 Å². The molecule has 0 saturated carbocycles. The molecule has 1 saturated heterocycles. The minimum absolute atomic E-state index is 0.0153. The lowest BCUT2D eigenvalue weighted by atomic mass is 9.79. The molecule has 2 heterocycles. The standard InChI is InChI=1S/C14H12N2O3/c1-16-11-3-2-9(4-10(11)5-12(16)17)13(18)14(6-15)7-19-8-14/h2-4H,5,7-8H2,1H3. The smallest absolute Gasteiger partial charge is 0.231 e. The summed E-state index contributed by atoms with van der Waals surface area (Å²) in [5.74, 6) is -0.201. The molecule has 0 spiro atoms. The van der Waals surface area contributed by atoms with Crippen molar-refractivity contribution >= 4 is 17.4 Å². The fraction of sp³-hybridized carbons (Fsp3) is 0.357. The van der Waals surface area contributed by atoms with Crippen LogP contribution in [0.4, 0.5) is 5.69 Å². The number of fused-ring (bicyclic) bond motifs is 1. The molecule has 0 atom stereocenters. The summed E-state index contributed by atoms with van der Waals surface area (Å²) < 4.78 is 4.99. The molecule has 0 aliphatic carbocycles. The predicted molar refractivity (Wildman–Crippen MR) is 66.8 cm³/mol. The largest absolute Gasteiger partial charge is 0.377 e. The van der Waals surface area contributed by atoms with E-state index in [1.807, 2.05) is 6.07 Å². The number of likely N-dealkylation sites (N-methyl/N-ethyl adjacent to an activating group) is 1. The molecule has 96 valence electrons. The average Bonchev–Trinajstić information content (AvgIpc) is 2.64. The number of carbonyl (C=O) groups is 2. The zero-order valence-electron chi connectivity index (χ0n) is 10.5. The van der Waals surface area contributed by atoms with Crippen molar-refractivity contribution in [2.75, 3.05) is 25.2 Å². The van der Waals surface area contributed by atoms with Crippen molar-refractivity contribution < 1.29 is 14.3 Å². The van der Waals surface area contributed by atoms with Gasteiger partial charge in [0.05, 0.1) is 25.7 Å². The Labute approximate surface area is 110 Å². The van der Waals surface area contributed by atoms with Crippen LogP contribution in [0.2, 0.25) is 0 Å². The minimum atomic E-state index is -1.04. The first-order valence-corrected chi connectivity index (χ1v) is 6.01. The highest BCUT2D eigenvalue weighted by atomic mass is 16.5. The maximum Gasteiger partial charge on any atom is 0.231 e. The van der Waals surface area contributed by atoms with Gasteiger partial charge in [0, 0.05) is 18.3 Å². The van der Waals surface area contributed by atoms with Crippen molar-refractivity contribution in [3.05, 3.63) is 29.3 Å². The molecular formula is C14H12N2O3. The van der Waals surface area contributed by atoms with Crippen LogP contribution in [0.3, 0.4) is 0 Å². The van der Waals surface area contributed by atoms with Crippen LogP contribution in [0.5, 0.6) is 0 Å². The number of nitrogens with zero attached hydrogens (tertiary/aromatic N) is 2. The molecule has 0 bridgehead atoms. The third kappa shape index (κ3) is 1.57. The molecule has 1 aromatic rings. The normalized spacial score (nSPS) is 19.6. The third-order valence-corrected chi connectivity index (χ3v) is 3.76. The number of rotatable bonds is 2. The molecule has 19 heavy (non-hydrogen) atoms. The molecule has 0 radical (unpaired) electrons. The van der Waals surface area contributed by atoms with Crippen molar-refractivity contribution in [1.82, 2.24) is 0 Å². The van der Waals surface area contributed by atoms with E-state index < -0.39 is 5.41 Å². The first kappa shape index (κ1) is 11.9. The van der Waals surface area contributed by atoms with Gasteiger partial charge in [-0.1, -0.05) is 0 Å². The first-order valence-electron chi connectivity index (χ1n) is 6.01. The monoisotopic (exact) mass is 256 g/mol.